The predicted octanol–water partition coefficient (Wildman–Crippen LogP) is 6.40. The molecule has 180 valence electrons. The van der Waals surface area contributed by atoms with Crippen molar-refractivity contribution in [2.24, 2.45) is 0 Å². The molecule has 1 aromatic heterocycles. The summed E-state index contributed by atoms with van der Waals surface area (Å²) in [6, 6.07) is 25.8. The first-order valence-corrected chi connectivity index (χ1v) is 12.7. The number of rotatable bonds is 10. The Morgan fingerprint density at radius 3 is 2.40 bits per heavy atom. The maximum Gasteiger partial charge on any atom is 0.234 e. The van der Waals surface area contributed by atoms with Gasteiger partial charge in [0.05, 0.1) is 5.75 Å². The van der Waals surface area contributed by atoms with Crippen molar-refractivity contribution in [1.29, 1.82) is 0 Å². The van der Waals surface area contributed by atoms with Gasteiger partial charge in [-0.1, -0.05) is 73.6 Å². The molecule has 0 fully saturated rings. The van der Waals surface area contributed by atoms with Crippen molar-refractivity contribution in [3.8, 4) is 11.4 Å². The lowest BCUT2D eigenvalue weighted by atomic mass is 9.99. The Morgan fingerprint density at radius 1 is 1.00 bits per heavy atom. The summed E-state index contributed by atoms with van der Waals surface area (Å²) in [6.07, 6.45) is 1.09. The third-order valence-electron chi connectivity index (χ3n) is 5.81. The molecule has 0 bridgehead atoms. The largest absolute Gasteiger partial charge is 0.486 e. The molecule has 35 heavy (non-hydrogen) atoms. The molecule has 1 N–H and O–H groups in total. The van der Waals surface area contributed by atoms with E-state index in [0.717, 1.165) is 23.5 Å². The van der Waals surface area contributed by atoms with Crippen LogP contribution in [-0.4, -0.2) is 26.4 Å². The van der Waals surface area contributed by atoms with Gasteiger partial charge in [-0.2, -0.15) is 0 Å². The van der Waals surface area contributed by atoms with Crippen molar-refractivity contribution in [1.82, 2.24) is 14.8 Å². The highest BCUT2D eigenvalue weighted by Gasteiger charge is 2.17. The summed E-state index contributed by atoms with van der Waals surface area (Å²) in [7, 11) is 0. The third kappa shape index (κ3) is 6.51. The van der Waals surface area contributed by atoms with Gasteiger partial charge in [0, 0.05) is 11.4 Å². The van der Waals surface area contributed by atoms with Gasteiger partial charge in [0.2, 0.25) is 5.91 Å². The number of hydrogen-bond donors (Lipinski definition) is 1. The fourth-order valence-electron chi connectivity index (χ4n) is 3.56. The number of carbonyl (C=O) groups is 1. The predicted molar refractivity (Wildman–Crippen MR) is 141 cm³/mol. The van der Waals surface area contributed by atoms with Gasteiger partial charge in [-0.15, -0.1) is 10.2 Å². The Labute approximate surface area is 210 Å². The van der Waals surface area contributed by atoms with Crippen LogP contribution in [0.3, 0.4) is 0 Å². The van der Waals surface area contributed by atoms with Gasteiger partial charge in [-0.05, 0) is 61.2 Å². The number of aromatic nitrogens is 3. The first-order valence-electron chi connectivity index (χ1n) is 11.7. The second-order valence-corrected chi connectivity index (χ2v) is 9.38. The smallest absolute Gasteiger partial charge is 0.234 e. The van der Waals surface area contributed by atoms with Crippen LogP contribution in [0.2, 0.25) is 0 Å². The molecular formula is C28H30N4O2S. The van der Waals surface area contributed by atoms with Crippen LogP contribution in [-0.2, 0) is 11.4 Å². The first-order chi connectivity index (χ1) is 17.0. The lowest BCUT2D eigenvalue weighted by Crippen LogP contribution is -2.15. The van der Waals surface area contributed by atoms with Crippen LogP contribution >= 0.6 is 11.8 Å². The van der Waals surface area contributed by atoms with E-state index < -0.39 is 0 Å². The van der Waals surface area contributed by atoms with E-state index in [9.17, 15) is 4.79 Å². The van der Waals surface area contributed by atoms with Crippen molar-refractivity contribution in [2.45, 2.75) is 44.9 Å². The number of nitrogens with zero attached hydrogens (tertiary/aromatic N) is 3. The molecule has 0 radical (unpaired) electrons. The highest BCUT2D eigenvalue weighted by molar-refractivity contribution is 7.99. The van der Waals surface area contributed by atoms with Crippen molar-refractivity contribution in [3.05, 3.63) is 95.8 Å². The summed E-state index contributed by atoms with van der Waals surface area (Å²) in [4.78, 5) is 12.6. The average Bonchev–Trinajstić information content (AvgIpc) is 3.30. The Bertz CT molecular complexity index is 1240. The molecule has 0 saturated carbocycles. The van der Waals surface area contributed by atoms with Gasteiger partial charge >= 0.3 is 0 Å². The highest BCUT2D eigenvalue weighted by Crippen LogP contribution is 2.24. The Morgan fingerprint density at radius 2 is 1.71 bits per heavy atom. The van der Waals surface area contributed by atoms with E-state index in [0.29, 0.717) is 16.9 Å². The van der Waals surface area contributed by atoms with E-state index in [2.05, 4.69) is 41.5 Å². The van der Waals surface area contributed by atoms with Crippen LogP contribution in [0, 0.1) is 6.92 Å². The van der Waals surface area contributed by atoms with Crippen molar-refractivity contribution in [2.75, 3.05) is 11.1 Å². The van der Waals surface area contributed by atoms with E-state index in [1.807, 2.05) is 78.2 Å². The van der Waals surface area contributed by atoms with Crippen LogP contribution in [0.4, 0.5) is 5.69 Å². The van der Waals surface area contributed by atoms with Crippen molar-refractivity contribution in [3.63, 3.8) is 0 Å². The molecular weight excluding hydrogens is 456 g/mol. The molecule has 0 spiro atoms. The molecule has 3 aromatic carbocycles. The molecule has 0 aliphatic rings. The SMILES string of the molecule is CC[C@H](C)c1ccc(NC(=O)CSc2nnc(COc3ccc(C)cc3)n2-c2ccccc2)cc1. The molecule has 0 saturated heterocycles. The molecule has 0 aliphatic carbocycles. The number of anilines is 1. The van der Waals surface area contributed by atoms with Gasteiger partial charge in [0.25, 0.3) is 0 Å². The fraction of sp³-hybridized carbons (Fsp3) is 0.250. The number of benzene rings is 3. The number of thioether (sulfide) groups is 1. The average molecular weight is 487 g/mol. The third-order valence-corrected chi connectivity index (χ3v) is 6.74. The molecule has 6 nitrogen and oxygen atoms in total. The van der Waals surface area contributed by atoms with Gasteiger partial charge in [0.15, 0.2) is 11.0 Å². The lowest BCUT2D eigenvalue weighted by Gasteiger charge is -2.12. The quantitative estimate of drug-likeness (QED) is 0.263. The van der Waals surface area contributed by atoms with E-state index in [-0.39, 0.29) is 18.3 Å². The second-order valence-electron chi connectivity index (χ2n) is 8.44. The molecule has 0 unspecified atom stereocenters. The zero-order valence-corrected chi connectivity index (χ0v) is 21.1. The highest BCUT2D eigenvalue weighted by atomic mass is 32.2. The first kappa shape index (κ1) is 24.5. The topological polar surface area (TPSA) is 69.0 Å². The number of nitrogens with one attached hydrogen (secondary N) is 1. The molecule has 4 rings (SSSR count). The Hall–Kier alpha value is -3.58. The molecule has 4 aromatic rings. The maximum absolute atomic E-state index is 12.6. The molecule has 7 heteroatoms. The normalized spacial score (nSPS) is 11.7. The number of aryl methyl sites for hydroxylation is 1. The number of carbonyl (C=O) groups excluding carboxylic acids is 1. The number of ether oxygens (including phenoxy) is 1. The summed E-state index contributed by atoms with van der Waals surface area (Å²) in [5.74, 6) is 2.07. The van der Waals surface area contributed by atoms with Crippen LogP contribution in [0.25, 0.3) is 5.69 Å². The molecule has 1 atom stereocenters. The zero-order valence-electron chi connectivity index (χ0n) is 20.3. The van der Waals surface area contributed by atoms with E-state index in [1.54, 1.807) is 0 Å². The summed E-state index contributed by atoms with van der Waals surface area (Å²) >= 11 is 1.35. The van der Waals surface area contributed by atoms with Gasteiger partial charge < -0.3 is 10.1 Å². The van der Waals surface area contributed by atoms with Crippen molar-refractivity contribution >= 4 is 23.4 Å². The van der Waals surface area contributed by atoms with Crippen molar-refractivity contribution < 1.29 is 9.53 Å². The minimum Gasteiger partial charge on any atom is -0.486 e. The van der Waals surface area contributed by atoms with Gasteiger partial charge in [0.1, 0.15) is 12.4 Å². The number of amides is 1. The lowest BCUT2D eigenvalue weighted by molar-refractivity contribution is -0.113. The molecule has 1 heterocycles. The Kier molecular flexibility index (Phi) is 8.21. The van der Waals surface area contributed by atoms with Crippen LogP contribution in [0.15, 0.2) is 84.0 Å². The van der Waals surface area contributed by atoms with Crippen LogP contribution < -0.4 is 10.1 Å². The maximum atomic E-state index is 12.6. The van der Waals surface area contributed by atoms with Crippen LogP contribution in [0.5, 0.6) is 5.75 Å². The molecule has 0 aliphatic heterocycles. The standard InChI is InChI=1S/C28H30N4O2S/c1-4-21(3)22-12-14-23(15-13-22)29-27(33)19-35-28-31-30-26(32(28)24-8-6-5-7-9-24)18-34-25-16-10-20(2)11-17-25/h5-17,21H,4,18-19H2,1-3H3,(H,29,33)/t21-/m0/s1. The zero-order chi connectivity index (χ0) is 24.6. The number of para-hydroxylation sites is 1. The summed E-state index contributed by atoms with van der Waals surface area (Å²) in [5.41, 5.74) is 4.16. The van der Waals surface area contributed by atoms with E-state index >= 15 is 0 Å². The minimum atomic E-state index is -0.0913. The Balaban J connectivity index is 1.44. The minimum absolute atomic E-state index is 0.0913. The van der Waals surface area contributed by atoms with E-state index in [1.165, 1.54) is 22.9 Å². The van der Waals surface area contributed by atoms with Crippen LogP contribution in [0.1, 0.15) is 43.1 Å². The summed E-state index contributed by atoms with van der Waals surface area (Å²) in [6.45, 7) is 6.68. The van der Waals surface area contributed by atoms with E-state index in [4.69, 9.17) is 4.74 Å². The summed E-state index contributed by atoms with van der Waals surface area (Å²) in [5, 5.41) is 12.3. The summed E-state index contributed by atoms with van der Waals surface area (Å²) < 4.78 is 7.89. The molecule has 1 amide bonds. The monoisotopic (exact) mass is 486 g/mol. The number of hydrogen-bond acceptors (Lipinski definition) is 5. The fourth-order valence-corrected chi connectivity index (χ4v) is 4.33. The van der Waals surface area contributed by atoms with Gasteiger partial charge in [-0.25, -0.2) is 0 Å². The van der Waals surface area contributed by atoms with Gasteiger partial charge in [-0.3, -0.25) is 9.36 Å². The second kappa shape index (κ2) is 11.7.